The first-order valence-corrected chi connectivity index (χ1v) is 7.54. The van der Waals surface area contributed by atoms with Crippen molar-refractivity contribution in [2.75, 3.05) is 32.6 Å². The maximum atomic E-state index is 11.1. The Labute approximate surface area is 131 Å². The van der Waals surface area contributed by atoms with Crippen LogP contribution in [0.2, 0.25) is 0 Å². The van der Waals surface area contributed by atoms with Gasteiger partial charge in [0.15, 0.2) is 0 Å². The molecule has 8 heteroatoms. The molecule has 0 saturated heterocycles. The summed E-state index contributed by atoms with van der Waals surface area (Å²) in [6, 6.07) is 0. The van der Waals surface area contributed by atoms with Gasteiger partial charge in [-0.1, -0.05) is 13.8 Å². The fourth-order valence-corrected chi connectivity index (χ4v) is 1.23. The standard InChI is InChI=1S/C7H13FN2O3S.C6H14O/c8-13-7(12)10-4-3-9-6(11)2-1-5-14;1-6(2)4-5-7-3/h14H,1-5H2,(H,9,11)(H,10,12);6H,4-5H2,1-3H3. The van der Waals surface area contributed by atoms with Crippen LogP contribution in [0, 0.1) is 5.92 Å². The maximum absolute atomic E-state index is 11.1. The minimum Gasteiger partial charge on any atom is -0.385 e. The lowest BCUT2D eigenvalue weighted by atomic mass is 10.1. The molecule has 6 nitrogen and oxygen atoms in total. The van der Waals surface area contributed by atoms with Gasteiger partial charge in [0.1, 0.15) is 0 Å². The van der Waals surface area contributed by atoms with Crippen LogP contribution in [0.4, 0.5) is 9.32 Å². The van der Waals surface area contributed by atoms with E-state index in [0.29, 0.717) is 18.6 Å². The van der Waals surface area contributed by atoms with Crippen molar-refractivity contribution in [1.82, 2.24) is 10.6 Å². The highest BCUT2D eigenvalue weighted by atomic mass is 32.1. The maximum Gasteiger partial charge on any atom is 0.444 e. The number of methoxy groups -OCH3 is 1. The Morgan fingerprint density at radius 1 is 1.24 bits per heavy atom. The van der Waals surface area contributed by atoms with Gasteiger partial charge in [0.05, 0.1) is 0 Å². The molecule has 0 saturated carbocycles. The quantitative estimate of drug-likeness (QED) is 0.448. The van der Waals surface area contributed by atoms with Crippen molar-refractivity contribution < 1.29 is 23.8 Å². The monoisotopic (exact) mass is 326 g/mol. The van der Waals surface area contributed by atoms with E-state index in [4.69, 9.17) is 4.74 Å². The van der Waals surface area contributed by atoms with E-state index in [2.05, 4.69) is 42.1 Å². The molecule has 0 aromatic carbocycles. The topological polar surface area (TPSA) is 76.7 Å². The number of hydrogen-bond acceptors (Lipinski definition) is 5. The van der Waals surface area contributed by atoms with Crippen LogP contribution in [-0.4, -0.2) is 44.6 Å². The summed E-state index contributed by atoms with van der Waals surface area (Å²) in [5.41, 5.74) is 0. The van der Waals surface area contributed by atoms with Crippen LogP contribution < -0.4 is 10.6 Å². The van der Waals surface area contributed by atoms with E-state index in [9.17, 15) is 14.1 Å². The average Bonchev–Trinajstić information content (AvgIpc) is 2.47. The van der Waals surface area contributed by atoms with E-state index in [0.717, 1.165) is 12.5 Å². The highest BCUT2D eigenvalue weighted by Crippen LogP contribution is 1.96. The Bertz CT molecular complexity index is 269. The molecule has 0 aliphatic rings. The molecule has 0 aromatic heterocycles. The SMILES string of the molecule is COCCC(C)C.O=C(CCCS)NCCNC(=O)OF. The van der Waals surface area contributed by atoms with Crippen LogP contribution in [0.25, 0.3) is 0 Å². The molecule has 21 heavy (non-hydrogen) atoms. The summed E-state index contributed by atoms with van der Waals surface area (Å²) in [7, 11) is 1.74. The van der Waals surface area contributed by atoms with Gasteiger partial charge in [-0.3, -0.25) is 4.79 Å². The molecule has 0 spiro atoms. The summed E-state index contributed by atoms with van der Waals surface area (Å²) < 4.78 is 16.0. The van der Waals surface area contributed by atoms with Crippen LogP contribution >= 0.6 is 12.6 Å². The molecule has 0 heterocycles. The second kappa shape index (κ2) is 17.0. The molecular weight excluding hydrogens is 299 g/mol. The molecular formula is C13H27FN2O4S. The van der Waals surface area contributed by atoms with Crippen LogP contribution in [0.3, 0.4) is 0 Å². The fraction of sp³-hybridized carbons (Fsp3) is 0.846. The Kier molecular flexibility index (Phi) is 18.1. The first-order chi connectivity index (χ1) is 9.97. The number of carbonyl (C=O) groups excluding carboxylic acids is 2. The van der Waals surface area contributed by atoms with Crippen molar-refractivity contribution in [3.8, 4) is 0 Å². The number of rotatable bonds is 9. The number of hydrogen-bond donors (Lipinski definition) is 3. The molecule has 0 aromatic rings. The summed E-state index contributed by atoms with van der Waals surface area (Å²) in [5, 5.41) is 4.61. The molecule has 0 bridgehead atoms. The van der Waals surface area contributed by atoms with Gasteiger partial charge in [0.2, 0.25) is 5.91 Å². The van der Waals surface area contributed by atoms with Crippen LogP contribution in [-0.2, 0) is 14.5 Å². The number of amides is 2. The van der Waals surface area contributed by atoms with E-state index < -0.39 is 6.09 Å². The van der Waals surface area contributed by atoms with Crippen molar-refractivity contribution in [3.05, 3.63) is 0 Å². The molecule has 2 amide bonds. The number of carbonyl (C=O) groups is 2. The smallest absolute Gasteiger partial charge is 0.385 e. The Morgan fingerprint density at radius 2 is 1.86 bits per heavy atom. The summed E-state index contributed by atoms with van der Waals surface area (Å²) in [5.74, 6) is 1.31. The van der Waals surface area contributed by atoms with E-state index >= 15 is 0 Å². The molecule has 0 atom stereocenters. The molecule has 0 unspecified atom stereocenters. The summed E-state index contributed by atoms with van der Waals surface area (Å²) in [4.78, 5) is 24.0. The zero-order valence-corrected chi connectivity index (χ0v) is 13.9. The van der Waals surface area contributed by atoms with E-state index in [1.54, 1.807) is 7.11 Å². The lowest BCUT2D eigenvalue weighted by Gasteiger charge is -2.04. The van der Waals surface area contributed by atoms with Gasteiger partial charge in [-0.05, 0) is 24.5 Å². The molecule has 0 fully saturated rings. The molecule has 126 valence electrons. The van der Waals surface area contributed by atoms with E-state index in [1.165, 1.54) is 6.42 Å². The largest absolute Gasteiger partial charge is 0.444 e. The highest BCUT2D eigenvalue weighted by Gasteiger charge is 2.01. The van der Waals surface area contributed by atoms with Crippen LogP contribution in [0.1, 0.15) is 33.1 Å². The zero-order chi connectivity index (χ0) is 16.5. The summed E-state index contributed by atoms with van der Waals surface area (Å²) >= 11 is 3.95. The molecule has 0 radical (unpaired) electrons. The molecule has 0 rings (SSSR count). The third-order valence-corrected chi connectivity index (χ3v) is 2.56. The molecule has 2 N–H and O–H groups in total. The normalized spacial score (nSPS) is 9.62. The van der Waals surface area contributed by atoms with Gasteiger partial charge in [-0.15, -0.1) is 0 Å². The molecule has 0 aliphatic carbocycles. The summed E-state index contributed by atoms with van der Waals surface area (Å²) in [6.45, 7) is 5.67. The van der Waals surface area contributed by atoms with Crippen molar-refractivity contribution in [1.29, 1.82) is 0 Å². The third kappa shape index (κ3) is 21.4. The van der Waals surface area contributed by atoms with Crippen molar-refractivity contribution in [2.24, 2.45) is 5.92 Å². The number of nitrogens with one attached hydrogen (secondary N) is 2. The minimum atomic E-state index is -1.16. The Hall–Kier alpha value is -1.02. The molecule has 0 aliphatic heterocycles. The van der Waals surface area contributed by atoms with Gasteiger partial charge < -0.3 is 15.4 Å². The Morgan fingerprint density at radius 3 is 2.29 bits per heavy atom. The number of thiol groups is 1. The van der Waals surface area contributed by atoms with Crippen molar-refractivity contribution in [3.63, 3.8) is 0 Å². The van der Waals surface area contributed by atoms with Gasteiger partial charge in [0, 0.05) is 37.8 Å². The average molecular weight is 326 g/mol. The minimum absolute atomic E-state index is 0.116. The van der Waals surface area contributed by atoms with Crippen LogP contribution in [0.5, 0.6) is 0 Å². The van der Waals surface area contributed by atoms with Gasteiger partial charge >= 0.3 is 6.09 Å². The zero-order valence-electron chi connectivity index (χ0n) is 13.0. The van der Waals surface area contributed by atoms with Gasteiger partial charge in [-0.2, -0.15) is 12.6 Å². The Balaban J connectivity index is 0. The lowest BCUT2D eigenvalue weighted by Crippen LogP contribution is -2.34. The van der Waals surface area contributed by atoms with Crippen molar-refractivity contribution in [2.45, 2.75) is 33.1 Å². The van der Waals surface area contributed by atoms with Gasteiger partial charge in [0.25, 0.3) is 0 Å². The number of halogens is 1. The lowest BCUT2D eigenvalue weighted by molar-refractivity contribution is -0.121. The van der Waals surface area contributed by atoms with E-state index in [-0.39, 0.29) is 19.0 Å². The third-order valence-electron chi connectivity index (χ3n) is 2.25. The predicted octanol–water partition coefficient (Wildman–Crippen LogP) is 2.10. The fourth-order valence-electron chi connectivity index (χ4n) is 1.08. The second-order valence-electron chi connectivity index (χ2n) is 4.64. The second-order valence-corrected chi connectivity index (χ2v) is 5.09. The first-order valence-electron chi connectivity index (χ1n) is 6.90. The van der Waals surface area contributed by atoms with Crippen LogP contribution in [0.15, 0.2) is 0 Å². The first kappa shape index (κ1) is 22.3. The highest BCUT2D eigenvalue weighted by molar-refractivity contribution is 7.80. The van der Waals surface area contributed by atoms with E-state index in [1.807, 2.05) is 0 Å². The number of ether oxygens (including phenoxy) is 1. The summed E-state index contributed by atoms with van der Waals surface area (Å²) in [6.07, 6.45) is 1.12. The van der Waals surface area contributed by atoms with Crippen molar-refractivity contribution >= 4 is 24.6 Å². The van der Waals surface area contributed by atoms with Gasteiger partial charge in [-0.25, -0.2) is 9.74 Å². The predicted molar refractivity (Wildman–Crippen MR) is 83.0 cm³/mol.